The molecule has 5 heteroatoms. The molecule has 0 saturated carbocycles. The van der Waals surface area contributed by atoms with Crippen LogP contribution in [-0.2, 0) is 11.3 Å². The molecule has 0 aromatic heterocycles. The van der Waals surface area contributed by atoms with Gasteiger partial charge in [0.25, 0.3) is 0 Å². The van der Waals surface area contributed by atoms with Crippen molar-refractivity contribution in [3.63, 3.8) is 0 Å². The first-order valence-electron chi connectivity index (χ1n) is 2.86. The molecule has 4 nitrogen and oxygen atoms in total. The number of nitrogens with zero attached hydrogens (tertiary/aromatic N) is 2. The maximum Gasteiger partial charge on any atom is 0.236 e. The fourth-order valence-corrected chi connectivity index (χ4v) is 3.00. The molecule has 1 unspecified atom stereocenters. The minimum absolute atomic E-state index is 0.316. The zero-order chi connectivity index (χ0) is 6.70. The molecule has 1 atom stereocenters. The standard InChI is InChI=1S/C4H9N2O2S/c1-5-2-6(3-5,4-5)9(7)8/h2-4H2,1H3/q+1. The van der Waals surface area contributed by atoms with Gasteiger partial charge in [-0.1, -0.05) is 0 Å². The molecule has 3 heterocycles. The molecule has 52 valence electrons. The summed E-state index contributed by atoms with van der Waals surface area (Å²) in [5, 5.41) is 0. The summed E-state index contributed by atoms with van der Waals surface area (Å²) in [4.78, 5) is 0. The van der Waals surface area contributed by atoms with Crippen molar-refractivity contribution in [3.8, 4) is 0 Å². The van der Waals surface area contributed by atoms with E-state index in [4.69, 9.17) is 0 Å². The van der Waals surface area contributed by atoms with Crippen LogP contribution in [0.3, 0.4) is 0 Å². The molecule has 9 heavy (non-hydrogen) atoms. The molecule has 3 rings (SSSR count). The zero-order valence-electron chi connectivity index (χ0n) is 5.24. The molecule has 0 aliphatic carbocycles. The molecular weight excluding hydrogens is 140 g/mol. The SMILES string of the molecule is C[N+]12C[N+](S(=O)[O-])(C1)C2. The average molecular weight is 149 g/mol. The molecule has 3 saturated heterocycles. The third-order valence-corrected chi connectivity index (χ3v) is 3.09. The molecule has 3 aliphatic heterocycles. The first-order chi connectivity index (χ1) is 4.06. The molecule has 0 radical (unpaired) electrons. The second-order valence-corrected chi connectivity index (χ2v) is 4.53. The lowest BCUT2D eigenvalue weighted by Gasteiger charge is -2.65. The predicted molar refractivity (Wildman–Crippen MR) is 30.0 cm³/mol. The van der Waals surface area contributed by atoms with E-state index in [1.54, 1.807) is 0 Å². The van der Waals surface area contributed by atoms with Gasteiger partial charge in [0.05, 0.1) is 7.05 Å². The topological polar surface area (TPSA) is 40.1 Å². The Morgan fingerprint density at radius 2 is 1.89 bits per heavy atom. The maximum atomic E-state index is 10.4. The smallest absolute Gasteiger partial charge is 0.236 e. The van der Waals surface area contributed by atoms with Crippen LogP contribution in [0.4, 0.5) is 0 Å². The predicted octanol–water partition coefficient (Wildman–Crippen LogP) is -1.06. The quantitative estimate of drug-likeness (QED) is 0.352. The van der Waals surface area contributed by atoms with E-state index in [2.05, 4.69) is 7.05 Å². The van der Waals surface area contributed by atoms with Gasteiger partial charge in [0.15, 0.2) is 11.3 Å². The monoisotopic (exact) mass is 149 g/mol. The van der Waals surface area contributed by atoms with Crippen molar-refractivity contribution in [3.05, 3.63) is 0 Å². The van der Waals surface area contributed by atoms with Gasteiger partial charge in [-0.05, 0) is 0 Å². The van der Waals surface area contributed by atoms with E-state index in [-0.39, 0.29) is 0 Å². The fraction of sp³-hybridized carbons (Fsp3) is 1.00. The van der Waals surface area contributed by atoms with Crippen LogP contribution in [0.1, 0.15) is 0 Å². The minimum atomic E-state index is -1.88. The van der Waals surface area contributed by atoms with Gasteiger partial charge in [-0.15, -0.1) is 3.89 Å². The van der Waals surface area contributed by atoms with Crippen LogP contribution in [0.25, 0.3) is 0 Å². The summed E-state index contributed by atoms with van der Waals surface area (Å²) in [6.45, 7) is 2.36. The summed E-state index contributed by atoms with van der Waals surface area (Å²) >= 11 is -1.88. The van der Waals surface area contributed by atoms with Crippen molar-refractivity contribution in [2.75, 3.05) is 27.1 Å². The van der Waals surface area contributed by atoms with Crippen LogP contribution in [0.2, 0.25) is 0 Å². The molecular formula is C4H9N2O2S+. The van der Waals surface area contributed by atoms with Gasteiger partial charge in [-0.3, -0.25) is 0 Å². The molecule has 0 aromatic rings. The van der Waals surface area contributed by atoms with Crippen molar-refractivity contribution in [2.45, 2.75) is 0 Å². The van der Waals surface area contributed by atoms with E-state index < -0.39 is 11.3 Å². The van der Waals surface area contributed by atoms with Gasteiger partial charge < -0.3 is 4.55 Å². The molecule has 3 aliphatic rings. The van der Waals surface area contributed by atoms with Crippen LogP contribution >= 0.6 is 0 Å². The van der Waals surface area contributed by atoms with Crippen LogP contribution in [-0.4, -0.2) is 44.2 Å². The number of rotatable bonds is 1. The van der Waals surface area contributed by atoms with Gasteiger partial charge in [0, 0.05) is 0 Å². The number of hydrogen-bond acceptors (Lipinski definition) is 2. The normalized spacial score (nSPS) is 57.6. The highest BCUT2D eigenvalue weighted by molar-refractivity contribution is 7.73. The van der Waals surface area contributed by atoms with Gasteiger partial charge in [-0.25, -0.2) is 4.21 Å². The van der Waals surface area contributed by atoms with Gasteiger partial charge in [0.1, 0.15) is 0 Å². The number of quaternary nitrogens is 2. The minimum Gasteiger partial charge on any atom is -0.724 e. The van der Waals surface area contributed by atoms with Crippen molar-refractivity contribution < 1.29 is 17.1 Å². The Morgan fingerprint density at radius 3 is 2.00 bits per heavy atom. The average Bonchev–Trinajstić information content (AvgIpc) is 1.54. The highest BCUT2D eigenvalue weighted by Crippen LogP contribution is 2.42. The summed E-state index contributed by atoms with van der Waals surface area (Å²) in [6, 6.07) is 0. The Bertz CT molecular complexity index is 173. The summed E-state index contributed by atoms with van der Waals surface area (Å²) in [7, 11) is 2.08. The second kappa shape index (κ2) is 1.22. The van der Waals surface area contributed by atoms with E-state index in [9.17, 15) is 8.76 Å². The highest BCUT2D eigenvalue weighted by Gasteiger charge is 2.71. The molecule has 2 bridgehead atoms. The van der Waals surface area contributed by atoms with E-state index in [1.807, 2.05) is 0 Å². The maximum absolute atomic E-state index is 10.4. The third kappa shape index (κ3) is 0.506. The summed E-state index contributed by atoms with van der Waals surface area (Å²) in [5.74, 6) is 0. The van der Waals surface area contributed by atoms with E-state index in [1.165, 1.54) is 0 Å². The first-order valence-corrected chi connectivity index (χ1v) is 3.89. The van der Waals surface area contributed by atoms with Gasteiger partial charge in [-0.2, -0.15) is 4.48 Å². The van der Waals surface area contributed by atoms with Crippen molar-refractivity contribution in [1.29, 1.82) is 0 Å². The van der Waals surface area contributed by atoms with Gasteiger partial charge in [0.2, 0.25) is 20.0 Å². The van der Waals surface area contributed by atoms with Crippen LogP contribution in [0.15, 0.2) is 0 Å². The highest BCUT2D eigenvalue weighted by atomic mass is 32.2. The Labute approximate surface area is 56.3 Å². The lowest BCUT2D eigenvalue weighted by atomic mass is 10.3. The third-order valence-electron chi connectivity index (χ3n) is 2.11. The first kappa shape index (κ1) is 5.79. The molecule has 0 aromatic carbocycles. The second-order valence-electron chi connectivity index (χ2n) is 3.32. The van der Waals surface area contributed by atoms with E-state index >= 15 is 0 Å². The van der Waals surface area contributed by atoms with Crippen LogP contribution < -0.4 is 0 Å². The largest absolute Gasteiger partial charge is 0.724 e. The summed E-state index contributed by atoms with van der Waals surface area (Å²) in [6.07, 6.45) is 0. The summed E-state index contributed by atoms with van der Waals surface area (Å²) < 4.78 is 22.2. The summed E-state index contributed by atoms with van der Waals surface area (Å²) in [5.41, 5.74) is 0. The molecule has 3 fully saturated rings. The van der Waals surface area contributed by atoms with Crippen molar-refractivity contribution in [1.82, 2.24) is 0 Å². The Balaban J connectivity index is 2.13. The van der Waals surface area contributed by atoms with E-state index in [0.29, 0.717) is 3.89 Å². The Hall–Kier alpha value is 0.0300. The fourth-order valence-electron chi connectivity index (χ4n) is 1.88. The molecule has 0 N–H and O–H groups in total. The Morgan fingerprint density at radius 1 is 1.44 bits per heavy atom. The van der Waals surface area contributed by atoms with Gasteiger partial charge >= 0.3 is 0 Å². The number of hydrogen-bond donors (Lipinski definition) is 0. The van der Waals surface area contributed by atoms with Crippen LogP contribution in [0.5, 0.6) is 0 Å². The lowest BCUT2D eigenvalue weighted by molar-refractivity contribution is -1.38. The molecule has 0 spiro atoms. The molecule has 0 amide bonds. The van der Waals surface area contributed by atoms with Crippen molar-refractivity contribution in [2.24, 2.45) is 0 Å². The Kier molecular flexibility index (Phi) is 0.785. The van der Waals surface area contributed by atoms with Crippen molar-refractivity contribution >= 4 is 11.3 Å². The lowest BCUT2D eigenvalue weighted by Crippen LogP contribution is -2.93. The van der Waals surface area contributed by atoms with Crippen LogP contribution in [0, 0.1) is 0 Å². The zero-order valence-corrected chi connectivity index (χ0v) is 6.06. The van der Waals surface area contributed by atoms with E-state index in [0.717, 1.165) is 24.5 Å².